The fourth-order valence-electron chi connectivity index (χ4n) is 1.84. The lowest BCUT2D eigenvalue weighted by molar-refractivity contribution is 0.849. The zero-order valence-electron chi connectivity index (χ0n) is 8.67. The Balaban J connectivity index is 2.51. The van der Waals surface area contributed by atoms with Gasteiger partial charge in [0.25, 0.3) is 0 Å². The normalized spacial score (nSPS) is 16.6. The average Bonchev–Trinajstić information content (AvgIpc) is 2.48. The molecule has 0 spiro atoms. The highest BCUT2D eigenvalue weighted by molar-refractivity contribution is 5.59. The minimum absolute atomic E-state index is 0.571. The highest BCUT2D eigenvalue weighted by atomic mass is 14.9. The first-order valence-corrected chi connectivity index (χ1v) is 4.58. The van der Waals surface area contributed by atoms with Crippen LogP contribution in [0.5, 0.6) is 0 Å². The molecule has 0 saturated heterocycles. The zero-order chi connectivity index (χ0) is 9.42. The van der Waals surface area contributed by atoms with E-state index in [4.69, 9.17) is 1.41 Å². The van der Waals surface area contributed by atoms with Gasteiger partial charge in [-0.2, -0.15) is 0 Å². The fourth-order valence-corrected chi connectivity index (χ4v) is 1.84. The van der Waals surface area contributed by atoms with Gasteiger partial charge in [0.2, 0.25) is 0 Å². The van der Waals surface area contributed by atoms with Crippen molar-refractivity contribution in [1.82, 2.24) is 0 Å². The van der Waals surface area contributed by atoms with Crippen LogP contribution in [0.4, 0.5) is 5.69 Å². The van der Waals surface area contributed by atoms with Gasteiger partial charge in [0.05, 0.1) is 0 Å². The first kappa shape index (κ1) is 6.53. The topological polar surface area (TPSA) is 12.0 Å². The van der Waals surface area contributed by atoms with Gasteiger partial charge < -0.3 is 5.31 Å². The van der Waals surface area contributed by atoms with Crippen LogP contribution in [0, 0.1) is 0 Å². The monoisotopic (exact) mass is 163 g/mol. The molecular weight excluding hydrogens is 146 g/mol. The van der Waals surface area contributed by atoms with E-state index in [0.29, 0.717) is 5.92 Å². The summed E-state index contributed by atoms with van der Waals surface area (Å²) >= 11 is 0. The zero-order valence-corrected chi connectivity index (χ0v) is 7.67. The summed E-state index contributed by atoms with van der Waals surface area (Å²) in [5, 5.41) is 1.60. The molecule has 1 aliphatic rings. The van der Waals surface area contributed by atoms with Crippen LogP contribution in [-0.4, -0.2) is 6.54 Å². The van der Waals surface area contributed by atoms with Crippen LogP contribution in [0.3, 0.4) is 0 Å². The summed E-state index contributed by atoms with van der Waals surface area (Å²) in [6.07, 6.45) is 1.03. The van der Waals surface area contributed by atoms with E-state index in [-0.39, 0.29) is 0 Å². The molecule has 64 valence electrons. The van der Waals surface area contributed by atoms with E-state index in [2.05, 4.69) is 26.0 Å². The van der Waals surface area contributed by atoms with Gasteiger partial charge in [-0.3, -0.25) is 0 Å². The molecule has 2 rings (SSSR count). The molecule has 0 aliphatic carbocycles. The summed E-state index contributed by atoms with van der Waals surface area (Å²) in [4.78, 5) is 0. The average molecular weight is 163 g/mol. The summed E-state index contributed by atoms with van der Waals surface area (Å²) < 4.78 is 7.68. The summed E-state index contributed by atoms with van der Waals surface area (Å²) in [7, 11) is 0. The van der Waals surface area contributed by atoms with E-state index in [1.54, 1.807) is 5.31 Å². The highest BCUT2D eigenvalue weighted by Gasteiger charge is 2.14. The number of anilines is 1. The number of hydrogen-bond acceptors (Lipinski definition) is 1. The Morgan fingerprint density at radius 3 is 3.08 bits per heavy atom. The third kappa shape index (κ3) is 1.09. The summed E-state index contributed by atoms with van der Waals surface area (Å²) in [5.74, 6) is 0.571. The van der Waals surface area contributed by atoms with Gasteiger partial charge in [-0.15, -0.1) is 0 Å². The van der Waals surface area contributed by atoms with Gasteiger partial charge in [0.15, 0.2) is 1.41 Å². The maximum Gasteiger partial charge on any atom is 0.160 e. The lowest BCUT2D eigenvalue weighted by Crippen LogP contribution is -1.93. The second-order valence-corrected chi connectivity index (χ2v) is 3.63. The molecule has 1 aromatic carbocycles. The number of fused-ring (bicyclic) bond motifs is 1. The van der Waals surface area contributed by atoms with E-state index in [1.807, 2.05) is 6.07 Å². The molecule has 1 aromatic rings. The SMILES string of the molecule is [3H]N1CCc2c(C(C)C)cccc21. The van der Waals surface area contributed by atoms with Crippen molar-refractivity contribution >= 4 is 5.69 Å². The van der Waals surface area contributed by atoms with Crippen molar-refractivity contribution < 1.29 is 1.41 Å². The second-order valence-electron chi connectivity index (χ2n) is 3.63. The van der Waals surface area contributed by atoms with Crippen molar-refractivity contribution in [3.8, 4) is 0 Å². The number of nitrogens with one attached hydrogen (secondary N) is 1. The number of benzene rings is 1. The van der Waals surface area contributed by atoms with Gasteiger partial charge >= 0.3 is 0 Å². The van der Waals surface area contributed by atoms with Crippen molar-refractivity contribution in [3.05, 3.63) is 29.3 Å². The Morgan fingerprint density at radius 2 is 2.33 bits per heavy atom. The number of hydrogen-bond donors (Lipinski definition) is 1. The van der Waals surface area contributed by atoms with E-state index >= 15 is 0 Å². The Kier molecular flexibility index (Phi) is 1.53. The smallest absolute Gasteiger partial charge is 0.160 e. The molecule has 1 heteroatoms. The Hall–Kier alpha value is -0.980. The van der Waals surface area contributed by atoms with Crippen molar-refractivity contribution in [2.75, 3.05) is 11.9 Å². The maximum atomic E-state index is 7.68. The van der Waals surface area contributed by atoms with E-state index in [1.165, 1.54) is 11.1 Å². The van der Waals surface area contributed by atoms with Crippen LogP contribution in [0.25, 0.3) is 0 Å². The van der Waals surface area contributed by atoms with E-state index in [0.717, 1.165) is 18.7 Å². The van der Waals surface area contributed by atoms with Crippen LogP contribution in [0.2, 0.25) is 1.41 Å². The number of rotatable bonds is 1. The predicted octanol–water partition coefficient (Wildman–Crippen LogP) is 2.78. The molecule has 1 N–H and O–H groups in total. The summed E-state index contributed by atoms with van der Waals surface area (Å²) in [6, 6.07) is 6.28. The minimum Gasteiger partial charge on any atom is -0.384 e. The van der Waals surface area contributed by atoms with Crippen LogP contribution in [0.1, 0.15) is 30.9 Å². The molecule has 0 unspecified atom stereocenters. The Morgan fingerprint density at radius 1 is 1.50 bits per heavy atom. The van der Waals surface area contributed by atoms with Crippen LogP contribution < -0.4 is 5.31 Å². The molecule has 0 atom stereocenters. The van der Waals surface area contributed by atoms with Crippen LogP contribution in [0.15, 0.2) is 18.2 Å². The molecule has 0 fully saturated rings. The lowest BCUT2D eigenvalue weighted by atomic mass is 9.96. The molecule has 0 saturated carbocycles. The molecule has 0 aromatic heterocycles. The van der Waals surface area contributed by atoms with Crippen LogP contribution >= 0.6 is 0 Å². The third-order valence-electron chi connectivity index (χ3n) is 2.45. The van der Waals surface area contributed by atoms with Crippen molar-refractivity contribution in [1.29, 1.82) is 0 Å². The third-order valence-corrected chi connectivity index (χ3v) is 2.45. The van der Waals surface area contributed by atoms with Crippen molar-refractivity contribution in [2.24, 2.45) is 0 Å². The fraction of sp³-hybridized carbons (Fsp3) is 0.455. The molecule has 1 heterocycles. The van der Waals surface area contributed by atoms with E-state index in [9.17, 15) is 0 Å². The molecule has 12 heavy (non-hydrogen) atoms. The summed E-state index contributed by atoms with van der Waals surface area (Å²) in [5.41, 5.74) is 3.89. The van der Waals surface area contributed by atoms with Gasteiger partial charge in [-0.25, -0.2) is 0 Å². The van der Waals surface area contributed by atoms with Gasteiger partial charge in [0.1, 0.15) is 0 Å². The molecular formula is C11H15N. The minimum atomic E-state index is 0.571. The molecule has 1 nitrogen and oxygen atoms in total. The van der Waals surface area contributed by atoms with Gasteiger partial charge in [-0.1, -0.05) is 26.0 Å². The first-order chi connectivity index (χ1) is 6.20. The van der Waals surface area contributed by atoms with Crippen LogP contribution in [-0.2, 0) is 6.42 Å². The predicted molar refractivity (Wildman–Crippen MR) is 52.7 cm³/mol. The van der Waals surface area contributed by atoms with Crippen molar-refractivity contribution in [2.45, 2.75) is 26.2 Å². The molecule has 0 amide bonds. The highest BCUT2D eigenvalue weighted by Crippen LogP contribution is 2.29. The second kappa shape index (κ2) is 2.81. The quantitative estimate of drug-likeness (QED) is 0.671. The maximum absolute atomic E-state index is 7.68. The Labute approximate surface area is 75.3 Å². The first-order valence-electron chi connectivity index (χ1n) is 5.03. The van der Waals surface area contributed by atoms with Gasteiger partial charge in [0, 0.05) is 12.2 Å². The largest absolute Gasteiger partial charge is 0.384 e. The summed E-state index contributed by atoms with van der Waals surface area (Å²) in [6.45, 7) is 5.27. The van der Waals surface area contributed by atoms with Crippen molar-refractivity contribution in [3.63, 3.8) is 0 Å². The molecule has 1 aliphatic heterocycles. The Bertz CT molecular complexity index is 320. The molecule has 0 bridgehead atoms. The molecule has 0 radical (unpaired) electrons. The van der Waals surface area contributed by atoms with Gasteiger partial charge in [-0.05, 0) is 29.5 Å². The van der Waals surface area contributed by atoms with E-state index < -0.39 is 0 Å². The standard InChI is InChI=1S/C11H15N/c1-8(2)9-4-3-5-11-10(9)6-7-12-11/h3-5,8,12H,6-7H2,1-2H3/i/hT. The lowest BCUT2D eigenvalue weighted by Gasteiger charge is -2.10.